The predicted molar refractivity (Wildman–Crippen MR) is 318 cm³/mol. The van der Waals surface area contributed by atoms with Crippen molar-refractivity contribution in [3.8, 4) is 33.8 Å². The highest BCUT2D eigenvalue weighted by Gasteiger charge is 2.47. The molecule has 0 radical (unpaired) electrons. The van der Waals surface area contributed by atoms with Crippen LogP contribution in [0, 0.1) is 0 Å². The Morgan fingerprint density at radius 1 is 0.446 bits per heavy atom. The average Bonchev–Trinajstić information content (AvgIpc) is 3.87. The number of nitrogens with zero attached hydrogens (tertiary/aromatic N) is 2. The number of ether oxygens (including phenoxy) is 1. The van der Waals surface area contributed by atoms with E-state index in [-0.39, 0.29) is 23.0 Å². The molecular formula is C69H57BN2OS. The zero-order valence-corrected chi connectivity index (χ0v) is 44.2. The number of rotatable bonds is 4. The van der Waals surface area contributed by atoms with Gasteiger partial charge in [0, 0.05) is 43.4 Å². The summed E-state index contributed by atoms with van der Waals surface area (Å²) in [6.45, 7) is 18.7. The van der Waals surface area contributed by atoms with Gasteiger partial charge in [0.15, 0.2) is 0 Å². The molecule has 10 aromatic carbocycles. The van der Waals surface area contributed by atoms with Crippen LogP contribution >= 0.6 is 11.3 Å². The summed E-state index contributed by atoms with van der Waals surface area (Å²) < 4.78 is 10.1. The molecule has 5 heteroatoms. The van der Waals surface area contributed by atoms with Gasteiger partial charge in [0.05, 0.1) is 17.1 Å². The molecule has 14 rings (SSSR count). The molecule has 3 aliphatic heterocycles. The van der Waals surface area contributed by atoms with Crippen molar-refractivity contribution < 1.29 is 4.74 Å². The van der Waals surface area contributed by atoms with Gasteiger partial charge in [-0.05, 0) is 142 Å². The Morgan fingerprint density at radius 3 is 1.73 bits per heavy atom. The first-order valence-corrected chi connectivity index (χ1v) is 27.0. The van der Waals surface area contributed by atoms with Crippen molar-refractivity contribution in [1.82, 2.24) is 0 Å². The molecule has 0 unspecified atom stereocenters. The van der Waals surface area contributed by atoms with E-state index in [0.717, 1.165) is 28.6 Å². The maximum Gasteiger partial charge on any atom is 0.268 e. The van der Waals surface area contributed by atoms with Gasteiger partial charge in [-0.1, -0.05) is 195 Å². The van der Waals surface area contributed by atoms with Gasteiger partial charge in [-0.2, -0.15) is 0 Å². The number of anilines is 6. The highest BCUT2D eigenvalue weighted by atomic mass is 32.1. The van der Waals surface area contributed by atoms with Crippen LogP contribution in [-0.4, -0.2) is 6.71 Å². The Morgan fingerprint density at radius 2 is 1.05 bits per heavy atom. The summed E-state index contributed by atoms with van der Waals surface area (Å²) in [7, 11) is 0. The number of thiophene rings is 1. The summed E-state index contributed by atoms with van der Waals surface area (Å²) in [5, 5.41) is 6.24. The van der Waals surface area contributed by atoms with Crippen LogP contribution in [0.15, 0.2) is 200 Å². The maximum atomic E-state index is 7.52. The highest BCUT2D eigenvalue weighted by Crippen LogP contribution is 2.55. The van der Waals surface area contributed by atoms with Gasteiger partial charge in [0.2, 0.25) is 0 Å². The first-order valence-electron chi connectivity index (χ1n) is 26.2. The second kappa shape index (κ2) is 16.1. The predicted octanol–water partition coefficient (Wildman–Crippen LogP) is 17.7. The normalized spacial score (nSPS) is 14.4. The largest absolute Gasteiger partial charge is 0.458 e. The topological polar surface area (TPSA) is 15.7 Å². The van der Waals surface area contributed by atoms with E-state index in [9.17, 15) is 0 Å². The molecular weight excluding hydrogens is 916 g/mol. The minimum absolute atomic E-state index is 0.0493. The monoisotopic (exact) mass is 972 g/mol. The van der Waals surface area contributed by atoms with Crippen LogP contribution in [0.1, 0.15) is 77.6 Å². The molecule has 358 valence electrons. The van der Waals surface area contributed by atoms with E-state index in [2.05, 4.69) is 265 Å². The van der Waals surface area contributed by atoms with Crippen LogP contribution in [-0.2, 0) is 16.2 Å². The molecule has 0 aliphatic carbocycles. The Hall–Kier alpha value is -7.86. The van der Waals surface area contributed by atoms with E-state index in [1.165, 1.54) is 109 Å². The van der Waals surface area contributed by atoms with E-state index < -0.39 is 0 Å². The van der Waals surface area contributed by atoms with Crippen LogP contribution in [0.2, 0.25) is 0 Å². The van der Waals surface area contributed by atoms with Crippen molar-refractivity contribution in [1.29, 1.82) is 0 Å². The number of benzene rings is 10. The number of hydrogen-bond acceptors (Lipinski definition) is 4. The minimum Gasteiger partial charge on any atom is -0.458 e. The smallest absolute Gasteiger partial charge is 0.268 e. The first-order chi connectivity index (χ1) is 35.7. The number of hydrogen-bond donors (Lipinski definition) is 0. The molecule has 0 bridgehead atoms. The molecule has 0 spiro atoms. The number of para-hydroxylation sites is 2. The molecule has 3 nitrogen and oxygen atoms in total. The summed E-state index contributed by atoms with van der Waals surface area (Å²) in [5.74, 6) is 1.85. The zero-order valence-electron chi connectivity index (χ0n) is 43.3. The lowest BCUT2D eigenvalue weighted by atomic mass is 9.36. The van der Waals surface area contributed by atoms with Crippen molar-refractivity contribution in [3.05, 3.63) is 222 Å². The van der Waals surface area contributed by atoms with E-state index >= 15 is 0 Å². The Labute approximate surface area is 439 Å². The van der Waals surface area contributed by atoms with Gasteiger partial charge >= 0.3 is 0 Å². The number of fused-ring (bicyclic) bond motifs is 10. The van der Waals surface area contributed by atoms with E-state index in [0.29, 0.717) is 0 Å². The molecule has 4 heterocycles. The first kappa shape index (κ1) is 44.8. The third kappa shape index (κ3) is 6.65. The van der Waals surface area contributed by atoms with Crippen molar-refractivity contribution in [3.63, 3.8) is 0 Å². The molecule has 0 fully saturated rings. The third-order valence-electron chi connectivity index (χ3n) is 16.4. The Balaban J connectivity index is 1.09. The lowest BCUT2D eigenvalue weighted by Crippen LogP contribution is -2.59. The SMILES string of the molecule is CC(C)(C)c1cc2c3c(c1)N(c1ccc4c(-c5ccccc5)c5ccccc5c(-c5ccccc5)c4c1)c1c(sc4ccc(C(C)(C)C)cc14)B3c1cc3c(cc1O2)N(c1ccccc1)c1ccccc1C3(C)C. The van der Waals surface area contributed by atoms with Gasteiger partial charge in [-0.15, -0.1) is 11.3 Å². The van der Waals surface area contributed by atoms with E-state index in [4.69, 9.17) is 4.74 Å². The van der Waals surface area contributed by atoms with Gasteiger partial charge in [0.25, 0.3) is 6.71 Å². The van der Waals surface area contributed by atoms with Gasteiger partial charge < -0.3 is 14.5 Å². The van der Waals surface area contributed by atoms with Crippen LogP contribution in [0.3, 0.4) is 0 Å². The van der Waals surface area contributed by atoms with Crippen molar-refractivity contribution in [2.45, 2.75) is 71.6 Å². The summed E-state index contributed by atoms with van der Waals surface area (Å²) in [6.07, 6.45) is 0. The molecule has 0 saturated carbocycles. The summed E-state index contributed by atoms with van der Waals surface area (Å²) >= 11 is 1.95. The van der Waals surface area contributed by atoms with Crippen LogP contribution < -0.4 is 30.2 Å². The van der Waals surface area contributed by atoms with Crippen molar-refractivity contribution >= 4 is 99.5 Å². The zero-order chi connectivity index (χ0) is 50.4. The highest BCUT2D eigenvalue weighted by molar-refractivity contribution is 7.33. The maximum absolute atomic E-state index is 7.52. The second-order valence-electron chi connectivity index (χ2n) is 23.3. The average molecular weight is 973 g/mol. The summed E-state index contributed by atoms with van der Waals surface area (Å²) in [5.41, 5.74) is 19.1. The molecule has 0 saturated heterocycles. The lowest BCUT2D eigenvalue weighted by molar-refractivity contribution is 0.482. The minimum atomic E-state index is -0.291. The van der Waals surface area contributed by atoms with Crippen LogP contribution in [0.4, 0.5) is 34.1 Å². The Bertz CT molecular complexity index is 4110. The molecule has 3 aliphatic rings. The van der Waals surface area contributed by atoms with Gasteiger partial charge in [-0.25, -0.2) is 0 Å². The van der Waals surface area contributed by atoms with E-state index in [1.807, 2.05) is 11.3 Å². The van der Waals surface area contributed by atoms with Gasteiger partial charge in [0.1, 0.15) is 11.5 Å². The molecule has 1 aromatic heterocycles. The summed E-state index contributed by atoms with van der Waals surface area (Å²) in [4.78, 5) is 5.07. The second-order valence-corrected chi connectivity index (χ2v) is 24.4. The third-order valence-corrected chi connectivity index (χ3v) is 17.6. The molecule has 11 aromatic rings. The van der Waals surface area contributed by atoms with Crippen LogP contribution in [0.5, 0.6) is 11.5 Å². The van der Waals surface area contributed by atoms with E-state index in [1.54, 1.807) is 0 Å². The molecule has 0 atom stereocenters. The quantitative estimate of drug-likeness (QED) is 0.129. The lowest BCUT2D eigenvalue weighted by Gasteiger charge is -2.44. The fourth-order valence-corrected chi connectivity index (χ4v) is 13.9. The fourth-order valence-electron chi connectivity index (χ4n) is 12.6. The van der Waals surface area contributed by atoms with Crippen LogP contribution in [0.25, 0.3) is 53.9 Å². The summed E-state index contributed by atoms with van der Waals surface area (Å²) in [6, 6.07) is 75.0. The van der Waals surface area contributed by atoms with Crippen molar-refractivity contribution in [2.75, 3.05) is 9.80 Å². The molecule has 0 N–H and O–H groups in total. The Kier molecular flexibility index (Phi) is 9.73. The van der Waals surface area contributed by atoms with Gasteiger partial charge in [-0.3, -0.25) is 0 Å². The standard InChI is InChI=1S/C69H57BN2OS/c1-67(2,3)44-32-35-61-52(36-44)65-66(74-61)70-55-40-54-57(71(46-26-16-11-17-27-46)56-31-21-20-30-53(56)69(54,7)8)41-59(55)73-60-38-45(68(4,5)6)37-58(64(60)70)72(65)47-33-34-50-51(39-47)63(43-24-14-10-15-25-43)49-29-19-18-28-48(49)62(50)42-22-12-9-13-23-42/h9-41H,1-8H3. The van der Waals surface area contributed by atoms with Crippen molar-refractivity contribution in [2.24, 2.45) is 0 Å². The fraction of sp³-hybridized carbons (Fsp3) is 0.159. The molecule has 0 amide bonds. The molecule has 74 heavy (non-hydrogen) atoms.